The molecule has 2 amide bonds. The molecule has 0 aromatic rings. The molecule has 100 valence electrons. The van der Waals surface area contributed by atoms with Gasteiger partial charge in [-0.15, -0.1) is 0 Å². The summed E-state index contributed by atoms with van der Waals surface area (Å²) in [5.41, 5.74) is 0. The Balaban J connectivity index is 2.21. The van der Waals surface area contributed by atoms with Crippen molar-refractivity contribution in [2.24, 2.45) is 5.92 Å². The highest BCUT2D eigenvalue weighted by molar-refractivity contribution is 5.74. The molecule has 1 aliphatic carbocycles. The van der Waals surface area contributed by atoms with Gasteiger partial charge in [-0.1, -0.05) is 26.2 Å². The number of urea groups is 1. The number of rotatable bonds is 7. The highest BCUT2D eigenvalue weighted by Gasteiger charge is 2.27. The molecule has 4 nitrogen and oxygen atoms in total. The van der Waals surface area contributed by atoms with Gasteiger partial charge in [0.1, 0.15) is 0 Å². The van der Waals surface area contributed by atoms with E-state index in [2.05, 4.69) is 17.6 Å². The van der Waals surface area contributed by atoms with Crippen molar-refractivity contribution in [2.75, 3.05) is 13.2 Å². The van der Waals surface area contributed by atoms with Crippen LogP contribution in [0.5, 0.6) is 0 Å². The molecule has 0 radical (unpaired) electrons. The first-order chi connectivity index (χ1) is 8.27. The average Bonchev–Trinajstić information content (AvgIpc) is 2.74. The summed E-state index contributed by atoms with van der Waals surface area (Å²) in [6.07, 6.45) is 7.94. The van der Waals surface area contributed by atoms with E-state index in [4.69, 9.17) is 5.11 Å². The van der Waals surface area contributed by atoms with E-state index in [1.165, 1.54) is 32.1 Å². The number of nitrogens with one attached hydrogen (secondary N) is 2. The second-order valence-electron chi connectivity index (χ2n) is 4.92. The number of carbonyl (C=O) groups is 1. The summed E-state index contributed by atoms with van der Waals surface area (Å²) in [5, 5.41) is 14.5. The molecule has 0 saturated heterocycles. The smallest absolute Gasteiger partial charge is 0.315 e. The molecule has 1 saturated carbocycles. The molecule has 1 fully saturated rings. The van der Waals surface area contributed by atoms with E-state index in [1.54, 1.807) is 0 Å². The Morgan fingerprint density at radius 3 is 2.88 bits per heavy atom. The van der Waals surface area contributed by atoms with Crippen molar-refractivity contribution in [3.63, 3.8) is 0 Å². The molecule has 4 heteroatoms. The molecule has 0 bridgehead atoms. The Kier molecular flexibility index (Phi) is 7.01. The molecule has 0 aliphatic heterocycles. The van der Waals surface area contributed by atoms with E-state index in [1.807, 2.05) is 0 Å². The van der Waals surface area contributed by atoms with Gasteiger partial charge in [-0.3, -0.25) is 0 Å². The van der Waals surface area contributed by atoms with E-state index >= 15 is 0 Å². The van der Waals surface area contributed by atoms with E-state index in [-0.39, 0.29) is 12.6 Å². The van der Waals surface area contributed by atoms with Gasteiger partial charge in [0.15, 0.2) is 0 Å². The normalized spacial score (nSPS) is 23.6. The lowest BCUT2D eigenvalue weighted by Gasteiger charge is -2.21. The van der Waals surface area contributed by atoms with Gasteiger partial charge in [0.25, 0.3) is 0 Å². The molecule has 0 aromatic carbocycles. The molecule has 0 aromatic heterocycles. The highest BCUT2D eigenvalue weighted by atomic mass is 16.3. The van der Waals surface area contributed by atoms with Crippen LogP contribution in [0.1, 0.15) is 51.9 Å². The highest BCUT2D eigenvalue weighted by Crippen LogP contribution is 2.29. The van der Waals surface area contributed by atoms with Crippen LogP contribution in [0, 0.1) is 5.92 Å². The van der Waals surface area contributed by atoms with Gasteiger partial charge < -0.3 is 15.7 Å². The fourth-order valence-electron chi connectivity index (χ4n) is 2.54. The van der Waals surface area contributed by atoms with Crippen LogP contribution in [0.25, 0.3) is 0 Å². The second kappa shape index (κ2) is 8.34. The monoisotopic (exact) mass is 242 g/mol. The van der Waals surface area contributed by atoms with Gasteiger partial charge >= 0.3 is 6.03 Å². The zero-order valence-corrected chi connectivity index (χ0v) is 10.9. The third-order valence-electron chi connectivity index (χ3n) is 3.52. The standard InChI is InChI=1S/C13H26N2O2/c1-2-3-6-11-7-4-8-12(11)15-13(17)14-9-5-10-16/h11-12,16H,2-10H2,1H3,(H2,14,15,17). The molecule has 2 unspecified atom stereocenters. The number of hydrogen-bond acceptors (Lipinski definition) is 2. The third kappa shape index (κ3) is 5.39. The van der Waals surface area contributed by atoms with Gasteiger partial charge in [0, 0.05) is 19.2 Å². The number of aliphatic hydroxyl groups excluding tert-OH is 1. The first-order valence-corrected chi connectivity index (χ1v) is 6.93. The topological polar surface area (TPSA) is 61.4 Å². The Bertz CT molecular complexity index is 221. The summed E-state index contributed by atoms with van der Waals surface area (Å²) in [6, 6.07) is 0.280. The Hall–Kier alpha value is -0.770. The molecule has 2 atom stereocenters. The van der Waals surface area contributed by atoms with Crippen LogP contribution >= 0.6 is 0 Å². The number of unbranched alkanes of at least 4 members (excludes halogenated alkanes) is 1. The van der Waals surface area contributed by atoms with Crippen LogP contribution in [0.4, 0.5) is 4.79 Å². The van der Waals surface area contributed by atoms with E-state index in [9.17, 15) is 4.79 Å². The van der Waals surface area contributed by atoms with Crippen molar-refractivity contribution < 1.29 is 9.90 Å². The number of hydrogen-bond donors (Lipinski definition) is 3. The van der Waals surface area contributed by atoms with Crippen LogP contribution in [0.3, 0.4) is 0 Å². The number of aliphatic hydroxyl groups is 1. The summed E-state index contributed by atoms with van der Waals surface area (Å²) in [6.45, 7) is 2.89. The SMILES string of the molecule is CCCCC1CCCC1NC(=O)NCCCO. The fraction of sp³-hybridized carbons (Fsp3) is 0.923. The summed E-state index contributed by atoms with van der Waals surface area (Å²) in [7, 11) is 0. The van der Waals surface area contributed by atoms with Gasteiger partial charge in [-0.05, 0) is 31.6 Å². The van der Waals surface area contributed by atoms with Gasteiger partial charge in [0.2, 0.25) is 0 Å². The average molecular weight is 242 g/mol. The quantitative estimate of drug-likeness (QED) is 0.598. The van der Waals surface area contributed by atoms with Crippen LogP contribution in [0.15, 0.2) is 0 Å². The molecule has 3 N–H and O–H groups in total. The van der Waals surface area contributed by atoms with Crippen molar-refractivity contribution in [1.82, 2.24) is 10.6 Å². The van der Waals surface area contributed by atoms with E-state index in [0.717, 1.165) is 6.42 Å². The zero-order valence-electron chi connectivity index (χ0n) is 10.9. The minimum atomic E-state index is -0.0770. The first-order valence-electron chi connectivity index (χ1n) is 6.93. The molecular weight excluding hydrogens is 216 g/mol. The van der Waals surface area contributed by atoms with Crippen LogP contribution in [-0.4, -0.2) is 30.3 Å². The second-order valence-corrected chi connectivity index (χ2v) is 4.92. The van der Waals surface area contributed by atoms with Crippen LogP contribution < -0.4 is 10.6 Å². The van der Waals surface area contributed by atoms with Gasteiger partial charge in [0.05, 0.1) is 0 Å². The first kappa shape index (κ1) is 14.3. The number of amides is 2. The van der Waals surface area contributed by atoms with Crippen LogP contribution in [-0.2, 0) is 0 Å². The lowest BCUT2D eigenvalue weighted by molar-refractivity contribution is 0.230. The maximum atomic E-state index is 11.6. The fourth-order valence-corrected chi connectivity index (χ4v) is 2.54. The van der Waals surface area contributed by atoms with Gasteiger partial charge in [-0.25, -0.2) is 4.79 Å². The van der Waals surface area contributed by atoms with E-state index < -0.39 is 0 Å². The maximum Gasteiger partial charge on any atom is 0.315 e. The lowest BCUT2D eigenvalue weighted by Crippen LogP contribution is -2.44. The predicted molar refractivity (Wildman–Crippen MR) is 68.9 cm³/mol. The predicted octanol–water partition coefficient (Wildman–Crippen LogP) is 2.03. The third-order valence-corrected chi connectivity index (χ3v) is 3.52. The minimum Gasteiger partial charge on any atom is -0.396 e. The summed E-state index contributed by atoms with van der Waals surface area (Å²) >= 11 is 0. The Morgan fingerprint density at radius 1 is 1.35 bits per heavy atom. The zero-order chi connectivity index (χ0) is 12.5. The van der Waals surface area contributed by atoms with Crippen molar-refractivity contribution in [3.8, 4) is 0 Å². The molecule has 17 heavy (non-hydrogen) atoms. The largest absolute Gasteiger partial charge is 0.396 e. The van der Waals surface area contributed by atoms with Crippen molar-refractivity contribution in [1.29, 1.82) is 0 Å². The Labute approximate surface area is 104 Å². The van der Waals surface area contributed by atoms with Crippen molar-refractivity contribution in [2.45, 2.75) is 57.9 Å². The molecule has 1 aliphatic rings. The molecule has 1 rings (SSSR count). The Morgan fingerprint density at radius 2 is 2.18 bits per heavy atom. The molecule has 0 spiro atoms. The molecule has 0 heterocycles. The lowest BCUT2D eigenvalue weighted by atomic mass is 9.97. The maximum absolute atomic E-state index is 11.6. The van der Waals surface area contributed by atoms with Gasteiger partial charge in [-0.2, -0.15) is 0 Å². The summed E-state index contributed by atoms with van der Waals surface area (Å²) in [5.74, 6) is 0.665. The summed E-state index contributed by atoms with van der Waals surface area (Å²) in [4.78, 5) is 11.6. The number of carbonyl (C=O) groups excluding carboxylic acids is 1. The van der Waals surface area contributed by atoms with E-state index in [0.29, 0.717) is 24.9 Å². The molecular formula is C13H26N2O2. The minimum absolute atomic E-state index is 0.0770. The summed E-state index contributed by atoms with van der Waals surface area (Å²) < 4.78 is 0. The van der Waals surface area contributed by atoms with Crippen molar-refractivity contribution >= 4 is 6.03 Å². The van der Waals surface area contributed by atoms with Crippen LogP contribution in [0.2, 0.25) is 0 Å². The van der Waals surface area contributed by atoms with Crippen molar-refractivity contribution in [3.05, 3.63) is 0 Å².